The van der Waals surface area contributed by atoms with Gasteiger partial charge in [-0.2, -0.15) is 0 Å². The standard InChI is InChI=1S/C61H107NO10/c1-3-5-7-9-11-13-15-29-33-37-41-45-49-57(66)70-50-46-42-38-34-30-26-24-22-20-18-16-17-19-21-23-25-28-32-36-40-44-48-56(65)62-53(52-71-61-60(69)59(68)58(67)55(51-63)72-61)54(64)47-43-39-35-31-27-14-12-10-8-6-4-2/h8,10-11,13,26-27,30-31,38,42-43,47,53-55,58-61,63-64,67-69H,3-7,9,12,14-25,28-29,32-37,39-41,44-46,48-52H2,1-2H3,(H,62,65)/b10-8+,13-11-,30-26-,31-27+,42-38-,47-43+. The number of amides is 1. The second kappa shape index (κ2) is 50.3. The van der Waals surface area contributed by atoms with Gasteiger partial charge in [0.25, 0.3) is 0 Å². The molecular weight excluding hydrogens is 907 g/mol. The zero-order valence-corrected chi connectivity index (χ0v) is 45.6. The molecule has 11 nitrogen and oxygen atoms in total. The van der Waals surface area contributed by atoms with Crippen molar-refractivity contribution in [2.45, 2.75) is 281 Å². The molecule has 0 aromatic carbocycles. The molecule has 1 heterocycles. The summed E-state index contributed by atoms with van der Waals surface area (Å²) in [5.74, 6) is -0.265. The third-order valence-corrected chi connectivity index (χ3v) is 13.2. The van der Waals surface area contributed by atoms with Gasteiger partial charge in [0.15, 0.2) is 6.29 Å². The summed E-state index contributed by atoms with van der Waals surface area (Å²) in [6.45, 7) is 4.09. The molecule has 0 aromatic rings. The van der Waals surface area contributed by atoms with E-state index in [1.807, 2.05) is 6.08 Å². The molecule has 1 rings (SSSR count). The first-order chi connectivity index (χ1) is 35.2. The number of aliphatic hydroxyl groups is 5. The van der Waals surface area contributed by atoms with E-state index in [2.05, 4.69) is 79.9 Å². The zero-order valence-electron chi connectivity index (χ0n) is 45.6. The fourth-order valence-electron chi connectivity index (χ4n) is 8.60. The molecule has 1 aliphatic rings. The van der Waals surface area contributed by atoms with Crippen LogP contribution in [0.2, 0.25) is 0 Å². The lowest BCUT2D eigenvalue weighted by molar-refractivity contribution is -0.302. The van der Waals surface area contributed by atoms with Gasteiger partial charge < -0.3 is 45.1 Å². The van der Waals surface area contributed by atoms with Crippen LogP contribution >= 0.6 is 0 Å². The van der Waals surface area contributed by atoms with E-state index < -0.39 is 49.5 Å². The van der Waals surface area contributed by atoms with Gasteiger partial charge in [-0.25, -0.2) is 0 Å². The van der Waals surface area contributed by atoms with Crippen LogP contribution in [0.3, 0.4) is 0 Å². The molecule has 0 aliphatic carbocycles. The minimum absolute atomic E-state index is 0.0606. The monoisotopic (exact) mass is 1010 g/mol. The average molecular weight is 1010 g/mol. The van der Waals surface area contributed by atoms with Crippen LogP contribution < -0.4 is 5.32 Å². The Balaban J connectivity index is 2.09. The van der Waals surface area contributed by atoms with Crippen molar-refractivity contribution < 1.29 is 49.3 Å². The number of allylic oxidation sites excluding steroid dienone is 10. The Bertz CT molecular complexity index is 1430. The van der Waals surface area contributed by atoms with Gasteiger partial charge in [-0.05, 0) is 96.3 Å². The third kappa shape index (κ3) is 39.5. The third-order valence-electron chi connectivity index (χ3n) is 13.2. The van der Waals surface area contributed by atoms with Gasteiger partial charge in [0.1, 0.15) is 24.4 Å². The Morgan fingerprint density at radius 1 is 0.514 bits per heavy atom. The van der Waals surface area contributed by atoms with Crippen LogP contribution in [0, 0.1) is 0 Å². The summed E-state index contributed by atoms with van der Waals surface area (Å²) in [4.78, 5) is 25.0. The van der Waals surface area contributed by atoms with Gasteiger partial charge in [-0.3, -0.25) is 9.59 Å². The summed E-state index contributed by atoms with van der Waals surface area (Å²) in [6, 6.07) is -0.839. The smallest absolute Gasteiger partial charge is 0.305 e. The summed E-state index contributed by atoms with van der Waals surface area (Å²) >= 11 is 0. The first-order valence-electron chi connectivity index (χ1n) is 29.2. The Kier molecular flexibility index (Phi) is 46.9. The van der Waals surface area contributed by atoms with E-state index in [4.69, 9.17) is 14.2 Å². The van der Waals surface area contributed by atoms with E-state index in [1.54, 1.807) is 6.08 Å². The predicted molar refractivity (Wildman–Crippen MR) is 296 cm³/mol. The SMILES string of the molecule is CCC/C=C/CC/C=C/CC/C=C/C(O)C(COC1OC(CO)C(O)C(O)C1O)NC(=O)CCCCCCCCCCCCCCCC/C=C\C/C=C\CCOC(=O)CCCCCCC/C=C\CCCCC. The Morgan fingerprint density at radius 2 is 0.972 bits per heavy atom. The van der Waals surface area contributed by atoms with E-state index in [0.29, 0.717) is 19.4 Å². The largest absolute Gasteiger partial charge is 0.465 e. The van der Waals surface area contributed by atoms with Crippen molar-refractivity contribution in [1.29, 1.82) is 0 Å². The van der Waals surface area contributed by atoms with Gasteiger partial charge in [-0.1, -0.05) is 202 Å². The number of carbonyl (C=O) groups is 2. The predicted octanol–water partition coefficient (Wildman–Crippen LogP) is 13.2. The zero-order chi connectivity index (χ0) is 52.4. The van der Waals surface area contributed by atoms with Gasteiger partial charge >= 0.3 is 5.97 Å². The molecule has 0 aromatic heterocycles. The minimum atomic E-state index is -1.58. The first kappa shape index (κ1) is 67.1. The number of hydrogen-bond donors (Lipinski definition) is 6. The molecule has 7 unspecified atom stereocenters. The molecule has 1 aliphatic heterocycles. The van der Waals surface area contributed by atoms with Gasteiger partial charge in [0, 0.05) is 12.8 Å². The Hall–Kier alpha value is -2.90. The highest BCUT2D eigenvalue weighted by Crippen LogP contribution is 2.23. The van der Waals surface area contributed by atoms with Crippen LogP contribution in [-0.2, 0) is 23.8 Å². The quantitative estimate of drug-likeness (QED) is 0.0195. The van der Waals surface area contributed by atoms with E-state index >= 15 is 0 Å². The van der Waals surface area contributed by atoms with Crippen molar-refractivity contribution >= 4 is 11.9 Å². The molecular formula is C61H107NO10. The summed E-state index contributed by atoms with van der Waals surface area (Å²) in [7, 11) is 0. The lowest BCUT2D eigenvalue weighted by atomic mass is 9.99. The maximum absolute atomic E-state index is 13.0. The number of esters is 1. The molecule has 416 valence electrons. The lowest BCUT2D eigenvalue weighted by Gasteiger charge is -2.40. The lowest BCUT2D eigenvalue weighted by Crippen LogP contribution is -2.60. The Labute approximate surface area is 439 Å². The van der Waals surface area contributed by atoms with Crippen LogP contribution in [0.25, 0.3) is 0 Å². The molecule has 0 bridgehead atoms. The van der Waals surface area contributed by atoms with Crippen LogP contribution in [-0.4, -0.2) is 100 Å². The molecule has 0 spiro atoms. The molecule has 0 radical (unpaired) electrons. The molecule has 1 amide bonds. The van der Waals surface area contributed by atoms with Gasteiger partial charge in [0.2, 0.25) is 5.91 Å². The maximum Gasteiger partial charge on any atom is 0.305 e. The molecule has 72 heavy (non-hydrogen) atoms. The number of rotatable bonds is 49. The second-order valence-electron chi connectivity index (χ2n) is 20.0. The number of carbonyl (C=O) groups excluding carboxylic acids is 2. The molecule has 11 heteroatoms. The number of aliphatic hydroxyl groups excluding tert-OH is 5. The highest BCUT2D eigenvalue weighted by molar-refractivity contribution is 5.76. The topological polar surface area (TPSA) is 175 Å². The normalized spacial score (nSPS) is 19.6. The molecule has 0 saturated carbocycles. The van der Waals surface area contributed by atoms with Crippen molar-refractivity contribution in [2.75, 3.05) is 19.8 Å². The molecule has 6 N–H and O–H groups in total. The fourth-order valence-corrected chi connectivity index (χ4v) is 8.60. The van der Waals surface area contributed by atoms with Crippen LogP contribution in [0.1, 0.15) is 239 Å². The maximum atomic E-state index is 13.0. The summed E-state index contributed by atoms with van der Waals surface area (Å²) in [5.41, 5.74) is 0. The van der Waals surface area contributed by atoms with Crippen molar-refractivity contribution in [1.82, 2.24) is 5.32 Å². The highest BCUT2D eigenvalue weighted by Gasteiger charge is 2.44. The second-order valence-corrected chi connectivity index (χ2v) is 20.0. The number of nitrogens with one attached hydrogen (secondary N) is 1. The van der Waals surface area contributed by atoms with Crippen molar-refractivity contribution in [3.05, 3.63) is 72.9 Å². The van der Waals surface area contributed by atoms with Crippen LogP contribution in [0.5, 0.6) is 0 Å². The van der Waals surface area contributed by atoms with Crippen molar-refractivity contribution in [2.24, 2.45) is 0 Å². The van der Waals surface area contributed by atoms with Crippen LogP contribution in [0.15, 0.2) is 72.9 Å². The van der Waals surface area contributed by atoms with E-state index in [9.17, 15) is 35.1 Å². The average Bonchev–Trinajstić information content (AvgIpc) is 3.38. The molecule has 1 saturated heterocycles. The van der Waals surface area contributed by atoms with E-state index in [1.165, 1.54) is 116 Å². The Morgan fingerprint density at radius 3 is 1.51 bits per heavy atom. The molecule has 7 atom stereocenters. The van der Waals surface area contributed by atoms with E-state index in [-0.39, 0.29) is 18.5 Å². The van der Waals surface area contributed by atoms with Crippen LogP contribution in [0.4, 0.5) is 0 Å². The minimum Gasteiger partial charge on any atom is -0.465 e. The van der Waals surface area contributed by atoms with E-state index in [0.717, 1.165) is 96.3 Å². The van der Waals surface area contributed by atoms with Crippen molar-refractivity contribution in [3.63, 3.8) is 0 Å². The van der Waals surface area contributed by atoms with Gasteiger partial charge in [0.05, 0.1) is 32.0 Å². The summed E-state index contributed by atoms with van der Waals surface area (Å²) in [5, 5.41) is 54.2. The molecule has 1 fully saturated rings. The number of ether oxygens (including phenoxy) is 3. The summed E-state index contributed by atoms with van der Waals surface area (Å²) < 4.78 is 16.6. The summed E-state index contributed by atoms with van der Waals surface area (Å²) in [6.07, 6.45) is 55.9. The first-order valence-corrected chi connectivity index (χ1v) is 29.2. The number of hydrogen-bond acceptors (Lipinski definition) is 10. The van der Waals surface area contributed by atoms with Crippen molar-refractivity contribution in [3.8, 4) is 0 Å². The highest BCUT2D eigenvalue weighted by atomic mass is 16.7. The van der Waals surface area contributed by atoms with Gasteiger partial charge in [-0.15, -0.1) is 0 Å². The fraction of sp³-hybridized carbons (Fsp3) is 0.770. The number of unbranched alkanes of at least 4 members (excludes halogenated alkanes) is 25.